The standard InChI is InChI=1S/C24H18Cl2FN3O4/c1-3-20(31)30-8-6-13(7-9-30)34-19-10-15-17(11-18(19)33-2)28-12-29-23(15)24(32)14-4-5-16(25)21(26)22(14)27/h1,4-5,10-13H,6-9H2,2H3. The molecule has 0 aliphatic carbocycles. The zero-order chi connectivity index (χ0) is 24.4. The summed E-state index contributed by atoms with van der Waals surface area (Å²) in [5, 5.41) is 0.0126. The molecule has 0 radical (unpaired) electrons. The van der Waals surface area contributed by atoms with Gasteiger partial charge in [-0.25, -0.2) is 14.4 Å². The number of carbonyl (C=O) groups is 2. The number of fused-ring (bicyclic) bond motifs is 1. The van der Waals surface area contributed by atoms with Crippen molar-refractivity contribution in [2.24, 2.45) is 0 Å². The van der Waals surface area contributed by atoms with Crippen LogP contribution in [0.15, 0.2) is 30.6 Å². The van der Waals surface area contributed by atoms with Crippen molar-refractivity contribution in [2.75, 3.05) is 20.2 Å². The number of ketones is 1. The molecule has 0 unspecified atom stereocenters. The Morgan fingerprint density at radius 1 is 1.18 bits per heavy atom. The largest absolute Gasteiger partial charge is 0.493 e. The van der Waals surface area contributed by atoms with Gasteiger partial charge in [0.1, 0.15) is 18.1 Å². The molecular weight excluding hydrogens is 484 g/mol. The maximum absolute atomic E-state index is 14.7. The van der Waals surface area contributed by atoms with Crippen LogP contribution in [0.3, 0.4) is 0 Å². The SMILES string of the molecule is C#CC(=O)N1CCC(Oc2cc3c(C(=O)c4ccc(Cl)c(Cl)c4F)ncnc3cc2OC)CC1. The highest BCUT2D eigenvalue weighted by Crippen LogP contribution is 2.35. The van der Waals surface area contributed by atoms with Gasteiger partial charge in [-0.1, -0.05) is 23.2 Å². The first kappa shape index (κ1) is 23.7. The number of methoxy groups -OCH3 is 1. The number of benzene rings is 2. The number of nitrogens with zero attached hydrogens (tertiary/aromatic N) is 3. The van der Waals surface area contributed by atoms with E-state index in [0.29, 0.717) is 48.3 Å². The van der Waals surface area contributed by atoms with Gasteiger partial charge in [-0.3, -0.25) is 9.59 Å². The Bertz CT molecular complexity index is 1330. The lowest BCUT2D eigenvalue weighted by atomic mass is 10.0. The van der Waals surface area contributed by atoms with E-state index in [4.69, 9.17) is 39.1 Å². The molecule has 1 aliphatic heterocycles. The minimum Gasteiger partial charge on any atom is -0.493 e. The summed E-state index contributed by atoms with van der Waals surface area (Å²) < 4.78 is 26.3. The van der Waals surface area contributed by atoms with Crippen molar-refractivity contribution in [3.8, 4) is 23.8 Å². The molecule has 4 rings (SSSR count). The summed E-state index contributed by atoms with van der Waals surface area (Å²) in [6.07, 6.45) is 7.34. The molecule has 2 heterocycles. The first-order valence-corrected chi connectivity index (χ1v) is 11.0. The number of ether oxygens (including phenoxy) is 2. The zero-order valence-corrected chi connectivity index (χ0v) is 19.5. The molecule has 2 aromatic carbocycles. The van der Waals surface area contributed by atoms with Gasteiger partial charge < -0.3 is 14.4 Å². The molecule has 0 bridgehead atoms. The van der Waals surface area contributed by atoms with E-state index in [0.717, 1.165) is 0 Å². The number of likely N-dealkylation sites (tertiary alicyclic amines) is 1. The normalized spacial score (nSPS) is 14.0. The Hall–Kier alpha value is -3.41. The summed E-state index contributed by atoms with van der Waals surface area (Å²) in [5.74, 6) is 0.940. The quantitative estimate of drug-likeness (QED) is 0.294. The summed E-state index contributed by atoms with van der Waals surface area (Å²) >= 11 is 11.7. The second-order valence-corrected chi connectivity index (χ2v) is 8.33. The first-order chi connectivity index (χ1) is 16.3. The lowest BCUT2D eigenvalue weighted by molar-refractivity contribution is -0.126. The Kier molecular flexibility index (Phi) is 6.87. The number of rotatable bonds is 5. The van der Waals surface area contributed by atoms with E-state index in [1.54, 1.807) is 17.0 Å². The van der Waals surface area contributed by atoms with Gasteiger partial charge in [-0.15, -0.1) is 6.42 Å². The Balaban J connectivity index is 1.68. The molecule has 7 nitrogen and oxygen atoms in total. The number of amides is 1. The number of halogens is 3. The predicted octanol–water partition coefficient (Wildman–Crippen LogP) is 4.32. The van der Waals surface area contributed by atoms with E-state index >= 15 is 0 Å². The maximum atomic E-state index is 14.7. The van der Waals surface area contributed by atoms with Gasteiger partial charge in [0.25, 0.3) is 5.91 Å². The van der Waals surface area contributed by atoms with Crippen molar-refractivity contribution in [3.05, 3.63) is 57.7 Å². The molecule has 0 saturated carbocycles. The second-order valence-electron chi connectivity index (χ2n) is 7.55. The Morgan fingerprint density at radius 3 is 2.59 bits per heavy atom. The van der Waals surface area contributed by atoms with Gasteiger partial charge in [-0.05, 0) is 24.1 Å². The van der Waals surface area contributed by atoms with E-state index in [9.17, 15) is 14.0 Å². The summed E-state index contributed by atoms with van der Waals surface area (Å²) in [6.45, 7) is 0.931. The van der Waals surface area contributed by atoms with Crippen molar-refractivity contribution in [1.82, 2.24) is 14.9 Å². The van der Waals surface area contributed by atoms with Gasteiger partial charge in [0.2, 0.25) is 5.78 Å². The fourth-order valence-electron chi connectivity index (χ4n) is 3.77. The molecule has 0 N–H and O–H groups in total. The molecule has 1 amide bonds. The molecule has 34 heavy (non-hydrogen) atoms. The molecule has 174 valence electrons. The highest BCUT2D eigenvalue weighted by Gasteiger charge is 2.26. The molecule has 1 aliphatic rings. The number of aromatic nitrogens is 2. The van der Waals surface area contributed by atoms with Gasteiger partial charge in [0.15, 0.2) is 17.3 Å². The number of carbonyl (C=O) groups excluding carboxylic acids is 2. The minimum atomic E-state index is -0.927. The van der Waals surface area contributed by atoms with Gasteiger partial charge in [0.05, 0.1) is 28.2 Å². The van der Waals surface area contributed by atoms with Crippen molar-refractivity contribution < 1.29 is 23.5 Å². The third kappa shape index (κ3) is 4.49. The molecular formula is C24H18Cl2FN3O4. The van der Waals surface area contributed by atoms with E-state index in [1.807, 2.05) is 0 Å². The summed E-state index contributed by atoms with van der Waals surface area (Å²) in [7, 11) is 1.49. The van der Waals surface area contributed by atoms with Crippen molar-refractivity contribution in [3.63, 3.8) is 0 Å². The van der Waals surface area contributed by atoms with Crippen LogP contribution >= 0.6 is 23.2 Å². The molecule has 0 spiro atoms. The molecule has 3 aromatic rings. The van der Waals surface area contributed by atoms with Crippen LogP contribution in [0.25, 0.3) is 10.9 Å². The minimum absolute atomic E-state index is 0.00123. The summed E-state index contributed by atoms with van der Waals surface area (Å²) in [6, 6.07) is 5.81. The van der Waals surface area contributed by atoms with Crippen LogP contribution in [0.4, 0.5) is 4.39 Å². The maximum Gasteiger partial charge on any atom is 0.298 e. The highest BCUT2D eigenvalue weighted by molar-refractivity contribution is 6.42. The highest BCUT2D eigenvalue weighted by atomic mass is 35.5. The van der Waals surface area contributed by atoms with Crippen LogP contribution in [0.2, 0.25) is 10.0 Å². The summed E-state index contributed by atoms with van der Waals surface area (Å²) in [4.78, 5) is 34.8. The summed E-state index contributed by atoms with van der Waals surface area (Å²) in [5.41, 5.74) is 0.125. The zero-order valence-electron chi connectivity index (χ0n) is 18.0. The first-order valence-electron chi connectivity index (χ1n) is 10.3. The molecule has 1 saturated heterocycles. The Morgan fingerprint density at radius 2 is 1.91 bits per heavy atom. The number of hydrogen-bond donors (Lipinski definition) is 0. The molecule has 10 heteroatoms. The smallest absolute Gasteiger partial charge is 0.298 e. The molecule has 1 fully saturated rings. The third-order valence-electron chi connectivity index (χ3n) is 5.56. The average Bonchev–Trinajstić information content (AvgIpc) is 2.86. The number of hydrogen-bond acceptors (Lipinski definition) is 6. The van der Waals surface area contributed by atoms with Gasteiger partial charge >= 0.3 is 0 Å². The second kappa shape index (κ2) is 9.84. The monoisotopic (exact) mass is 501 g/mol. The van der Waals surface area contributed by atoms with Crippen LogP contribution in [-0.4, -0.2) is 52.9 Å². The molecule has 1 aromatic heterocycles. The van der Waals surface area contributed by atoms with Crippen molar-refractivity contribution in [1.29, 1.82) is 0 Å². The Labute approximate surface area is 204 Å². The van der Waals surface area contributed by atoms with Crippen LogP contribution in [0.1, 0.15) is 28.9 Å². The fourth-order valence-corrected chi connectivity index (χ4v) is 4.08. The van der Waals surface area contributed by atoms with E-state index in [1.165, 1.54) is 25.6 Å². The topological polar surface area (TPSA) is 81.6 Å². The van der Waals surface area contributed by atoms with Crippen LogP contribution in [-0.2, 0) is 4.79 Å². The third-order valence-corrected chi connectivity index (χ3v) is 6.34. The van der Waals surface area contributed by atoms with Crippen LogP contribution in [0, 0.1) is 18.2 Å². The lowest BCUT2D eigenvalue weighted by Gasteiger charge is -2.31. The fraction of sp³-hybridized carbons (Fsp3) is 0.250. The van der Waals surface area contributed by atoms with Crippen LogP contribution in [0.5, 0.6) is 11.5 Å². The molecule has 0 atom stereocenters. The average molecular weight is 502 g/mol. The van der Waals surface area contributed by atoms with Crippen LogP contribution < -0.4 is 9.47 Å². The number of terminal acetylenes is 1. The van der Waals surface area contributed by atoms with Crippen molar-refractivity contribution in [2.45, 2.75) is 18.9 Å². The van der Waals surface area contributed by atoms with E-state index in [2.05, 4.69) is 15.9 Å². The van der Waals surface area contributed by atoms with Crippen molar-refractivity contribution >= 4 is 45.8 Å². The predicted molar refractivity (Wildman–Crippen MR) is 125 cm³/mol. The van der Waals surface area contributed by atoms with E-state index < -0.39 is 11.6 Å². The lowest BCUT2D eigenvalue weighted by Crippen LogP contribution is -2.41. The number of piperidine rings is 1. The van der Waals surface area contributed by atoms with Gasteiger partial charge in [-0.2, -0.15) is 0 Å². The van der Waals surface area contributed by atoms with Gasteiger partial charge in [0, 0.05) is 37.4 Å². The van der Waals surface area contributed by atoms with E-state index in [-0.39, 0.29) is 33.3 Å².